The molecule has 3 heterocycles. The maximum absolute atomic E-state index is 4.94. The van der Waals surface area contributed by atoms with Crippen molar-refractivity contribution in [2.24, 2.45) is 4.99 Å². The molecule has 2 atom stereocenters. The van der Waals surface area contributed by atoms with Gasteiger partial charge in [-0.2, -0.15) is 0 Å². The van der Waals surface area contributed by atoms with Crippen LogP contribution in [0.2, 0.25) is 0 Å². The van der Waals surface area contributed by atoms with E-state index in [2.05, 4.69) is 24.1 Å². The maximum Gasteiger partial charge on any atom is 0.157 e. The quantitative estimate of drug-likeness (QED) is 0.754. The van der Waals surface area contributed by atoms with Crippen LogP contribution in [0.15, 0.2) is 4.99 Å². The van der Waals surface area contributed by atoms with E-state index in [1.165, 1.54) is 37.5 Å². The predicted octanol–water partition coefficient (Wildman–Crippen LogP) is 1.69. The molecule has 0 spiro atoms. The summed E-state index contributed by atoms with van der Waals surface area (Å²) in [5.74, 6) is 1.15. The molecule has 0 radical (unpaired) electrons. The standard InChI is InChI=1S/C12H21N3S/c1-12(2)8-16-11(14-12)13-9-5-7-15-6-3-4-10(9)15/h9-10H,3-8H2,1-2H3,(H,13,14). The van der Waals surface area contributed by atoms with Crippen molar-refractivity contribution >= 4 is 16.9 Å². The van der Waals surface area contributed by atoms with E-state index in [0.717, 1.165) is 11.8 Å². The monoisotopic (exact) mass is 239 g/mol. The zero-order valence-corrected chi connectivity index (χ0v) is 11.0. The van der Waals surface area contributed by atoms with Gasteiger partial charge in [-0.3, -0.25) is 9.89 Å². The van der Waals surface area contributed by atoms with E-state index in [9.17, 15) is 0 Å². The van der Waals surface area contributed by atoms with Crippen LogP contribution in [0, 0.1) is 0 Å². The van der Waals surface area contributed by atoms with Crippen LogP contribution in [-0.4, -0.2) is 46.5 Å². The van der Waals surface area contributed by atoms with Gasteiger partial charge in [0, 0.05) is 23.9 Å². The lowest BCUT2D eigenvalue weighted by Crippen LogP contribution is -2.37. The molecule has 3 saturated heterocycles. The van der Waals surface area contributed by atoms with Gasteiger partial charge in [-0.15, -0.1) is 0 Å². The Morgan fingerprint density at radius 3 is 3.00 bits per heavy atom. The Balaban J connectivity index is 1.68. The summed E-state index contributed by atoms with van der Waals surface area (Å²) in [6.45, 7) is 7.07. The molecule has 4 heteroatoms. The van der Waals surface area contributed by atoms with E-state index in [1.807, 2.05) is 11.8 Å². The first kappa shape index (κ1) is 10.9. The molecule has 3 aliphatic rings. The van der Waals surface area contributed by atoms with Crippen LogP contribution in [0.1, 0.15) is 33.1 Å². The largest absolute Gasteiger partial charge is 0.359 e. The van der Waals surface area contributed by atoms with Gasteiger partial charge in [-0.1, -0.05) is 11.8 Å². The second kappa shape index (κ2) is 3.91. The Kier molecular flexibility index (Phi) is 2.67. The van der Waals surface area contributed by atoms with Crippen LogP contribution in [0.3, 0.4) is 0 Å². The molecule has 90 valence electrons. The SMILES string of the molecule is CC1(C)CSC(=NC2CCN3CCCC23)N1. The van der Waals surface area contributed by atoms with E-state index in [0.29, 0.717) is 6.04 Å². The molecule has 1 N–H and O–H groups in total. The van der Waals surface area contributed by atoms with E-state index < -0.39 is 0 Å². The molecule has 3 aliphatic heterocycles. The number of fused-ring (bicyclic) bond motifs is 1. The van der Waals surface area contributed by atoms with Crippen LogP contribution < -0.4 is 5.32 Å². The molecular weight excluding hydrogens is 218 g/mol. The zero-order valence-electron chi connectivity index (χ0n) is 10.2. The summed E-state index contributed by atoms with van der Waals surface area (Å²) in [4.78, 5) is 7.56. The minimum atomic E-state index is 0.234. The number of rotatable bonds is 1. The lowest BCUT2D eigenvalue weighted by molar-refractivity contribution is 0.314. The van der Waals surface area contributed by atoms with Crippen LogP contribution in [-0.2, 0) is 0 Å². The van der Waals surface area contributed by atoms with Gasteiger partial charge < -0.3 is 5.32 Å². The van der Waals surface area contributed by atoms with Crippen LogP contribution in [0.5, 0.6) is 0 Å². The minimum Gasteiger partial charge on any atom is -0.359 e. The summed E-state index contributed by atoms with van der Waals surface area (Å²) in [7, 11) is 0. The third-order valence-electron chi connectivity index (χ3n) is 3.87. The summed E-state index contributed by atoms with van der Waals surface area (Å²) in [5, 5.41) is 4.72. The van der Waals surface area contributed by atoms with Crippen LogP contribution in [0.25, 0.3) is 0 Å². The van der Waals surface area contributed by atoms with Gasteiger partial charge in [-0.05, 0) is 39.7 Å². The first-order valence-corrected chi connectivity index (χ1v) is 7.35. The fourth-order valence-electron chi connectivity index (χ4n) is 3.04. The zero-order chi connectivity index (χ0) is 11.2. The lowest BCUT2D eigenvalue weighted by atomic mass is 10.1. The molecule has 3 nitrogen and oxygen atoms in total. The minimum absolute atomic E-state index is 0.234. The molecular formula is C12H21N3S. The Morgan fingerprint density at radius 1 is 1.38 bits per heavy atom. The summed E-state index contributed by atoms with van der Waals surface area (Å²) < 4.78 is 0. The average molecular weight is 239 g/mol. The van der Waals surface area contributed by atoms with Gasteiger partial charge in [0.25, 0.3) is 0 Å². The summed E-state index contributed by atoms with van der Waals surface area (Å²) in [6.07, 6.45) is 3.99. The lowest BCUT2D eigenvalue weighted by Gasteiger charge is -2.19. The van der Waals surface area contributed by atoms with Crippen molar-refractivity contribution in [2.45, 2.75) is 50.7 Å². The second-order valence-corrected chi connectivity index (χ2v) is 6.80. The molecule has 2 unspecified atom stereocenters. The van der Waals surface area contributed by atoms with Crippen molar-refractivity contribution in [3.8, 4) is 0 Å². The smallest absolute Gasteiger partial charge is 0.157 e. The predicted molar refractivity (Wildman–Crippen MR) is 70.1 cm³/mol. The first-order valence-electron chi connectivity index (χ1n) is 6.37. The van der Waals surface area contributed by atoms with Crippen molar-refractivity contribution < 1.29 is 0 Å². The molecule has 3 rings (SSSR count). The highest BCUT2D eigenvalue weighted by Crippen LogP contribution is 2.31. The third kappa shape index (κ3) is 1.97. The van der Waals surface area contributed by atoms with E-state index in [-0.39, 0.29) is 5.54 Å². The number of nitrogens with zero attached hydrogens (tertiary/aromatic N) is 2. The highest BCUT2D eigenvalue weighted by Gasteiger charge is 2.38. The van der Waals surface area contributed by atoms with Crippen molar-refractivity contribution in [3.63, 3.8) is 0 Å². The van der Waals surface area contributed by atoms with Crippen LogP contribution in [0.4, 0.5) is 0 Å². The van der Waals surface area contributed by atoms with E-state index >= 15 is 0 Å². The molecule has 0 aromatic heterocycles. The fraction of sp³-hybridized carbons (Fsp3) is 0.917. The van der Waals surface area contributed by atoms with Gasteiger partial charge >= 0.3 is 0 Å². The number of nitrogens with one attached hydrogen (secondary N) is 1. The van der Waals surface area contributed by atoms with Gasteiger partial charge in [0.05, 0.1) is 6.04 Å². The number of amidine groups is 1. The number of aliphatic imine (C=N–C) groups is 1. The van der Waals surface area contributed by atoms with E-state index in [1.54, 1.807) is 0 Å². The number of hydrogen-bond donors (Lipinski definition) is 1. The number of hydrogen-bond acceptors (Lipinski definition) is 3. The second-order valence-electron chi connectivity index (χ2n) is 5.83. The van der Waals surface area contributed by atoms with Crippen molar-refractivity contribution in [3.05, 3.63) is 0 Å². The van der Waals surface area contributed by atoms with Gasteiger partial charge in [0.15, 0.2) is 5.17 Å². The summed E-state index contributed by atoms with van der Waals surface area (Å²) in [5.41, 5.74) is 0.234. The Morgan fingerprint density at radius 2 is 2.25 bits per heavy atom. The molecule has 0 aromatic rings. The highest BCUT2D eigenvalue weighted by atomic mass is 32.2. The Labute approximate surface area is 102 Å². The molecule has 0 aromatic carbocycles. The normalized spacial score (nSPS) is 40.2. The summed E-state index contributed by atoms with van der Waals surface area (Å²) in [6, 6.07) is 1.31. The number of thioether (sulfide) groups is 1. The topological polar surface area (TPSA) is 27.6 Å². The molecule has 0 amide bonds. The van der Waals surface area contributed by atoms with Crippen LogP contribution >= 0.6 is 11.8 Å². The van der Waals surface area contributed by atoms with Gasteiger partial charge in [0.2, 0.25) is 0 Å². The molecule has 0 saturated carbocycles. The third-order valence-corrected chi connectivity index (χ3v) is 5.22. The molecule has 0 bridgehead atoms. The maximum atomic E-state index is 4.94. The van der Waals surface area contributed by atoms with Gasteiger partial charge in [-0.25, -0.2) is 0 Å². The molecule has 0 aliphatic carbocycles. The first-order chi connectivity index (χ1) is 7.64. The van der Waals surface area contributed by atoms with E-state index in [4.69, 9.17) is 4.99 Å². The van der Waals surface area contributed by atoms with Crippen molar-refractivity contribution in [2.75, 3.05) is 18.8 Å². The Bertz CT molecular complexity index is 313. The summed E-state index contributed by atoms with van der Waals surface area (Å²) >= 11 is 1.89. The fourth-order valence-corrected chi connectivity index (χ4v) is 4.17. The van der Waals surface area contributed by atoms with Crippen molar-refractivity contribution in [1.82, 2.24) is 10.2 Å². The average Bonchev–Trinajstić information content (AvgIpc) is 2.84. The Hall–Kier alpha value is -0.220. The molecule has 16 heavy (non-hydrogen) atoms. The molecule has 3 fully saturated rings. The van der Waals surface area contributed by atoms with Gasteiger partial charge in [0.1, 0.15) is 0 Å². The highest BCUT2D eigenvalue weighted by molar-refractivity contribution is 8.14. The van der Waals surface area contributed by atoms with Crippen molar-refractivity contribution in [1.29, 1.82) is 0 Å².